The van der Waals surface area contributed by atoms with E-state index in [0.29, 0.717) is 78.1 Å². The topological polar surface area (TPSA) is 484 Å². The van der Waals surface area contributed by atoms with E-state index in [1.54, 1.807) is 147 Å². The maximum absolute atomic E-state index is 12.5. The lowest BCUT2D eigenvalue weighted by Gasteiger charge is -2.31. The van der Waals surface area contributed by atoms with E-state index in [2.05, 4.69) is 82.0 Å². The van der Waals surface area contributed by atoms with E-state index >= 15 is 0 Å². The lowest BCUT2D eigenvalue weighted by Crippen LogP contribution is -2.48. The number of piperazine rings is 1. The maximum atomic E-state index is 12.5. The summed E-state index contributed by atoms with van der Waals surface area (Å²) in [6, 6.07) is 37.6. The molecule has 4 aromatic carbocycles. The Morgan fingerprint density at radius 1 is 0.440 bits per heavy atom. The minimum absolute atomic E-state index is 0.0654. The third kappa shape index (κ3) is 26.8. The molecule has 0 aliphatic carbocycles. The number of likely N-dealkylation sites (tertiary alicyclic amines) is 1. The van der Waals surface area contributed by atoms with E-state index in [0.717, 1.165) is 106 Å². The molecule has 2 atom stereocenters. The number of rotatable bonds is 22. The highest BCUT2D eigenvalue weighted by atomic mass is 32.2. The molecule has 0 bridgehead atoms. The number of para-hydroxylation sites is 4. The van der Waals surface area contributed by atoms with Crippen molar-refractivity contribution in [1.29, 1.82) is 0 Å². The number of benzene rings is 4. The first-order chi connectivity index (χ1) is 59.6. The number of nitrogens with one attached hydrogen (secondary N) is 5. The quantitative estimate of drug-likeness (QED) is 0.0239. The maximum Gasteiger partial charge on any atom is 0.286 e. The first-order valence-corrected chi connectivity index (χ1v) is 42.1. The summed E-state index contributed by atoms with van der Waals surface area (Å²) in [6.07, 6.45) is 10.3. The molecule has 125 heavy (non-hydrogen) atoms. The van der Waals surface area contributed by atoms with Crippen LogP contribution >= 0.6 is 47.0 Å². The van der Waals surface area contributed by atoms with E-state index in [9.17, 15) is 78.8 Å². The third-order valence-corrected chi connectivity index (χ3v) is 22.2. The number of amidine groups is 4. The summed E-state index contributed by atoms with van der Waals surface area (Å²) in [5.74, 6) is -0.220. The number of aliphatic imine (C=N–C) groups is 4. The molecule has 5 N–H and O–H groups in total. The molecule has 2 saturated heterocycles. The largest absolute Gasteiger partial charge is 0.456 e. The molecule has 6 aliphatic rings. The molecule has 10 heterocycles. The molecule has 6 aliphatic heterocycles. The number of thioether (sulfide) groups is 4. The van der Waals surface area contributed by atoms with Crippen LogP contribution in [0.1, 0.15) is 83.3 Å². The molecule has 8 aromatic rings. The number of hydrogen-bond acceptors (Lipinski definition) is 29. The lowest BCUT2D eigenvalue weighted by atomic mass is 9.88. The van der Waals surface area contributed by atoms with Crippen LogP contribution in [0.3, 0.4) is 0 Å². The second-order valence-corrected chi connectivity index (χ2v) is 34.2. The molecule has 2 fully saturated rings. The molecule has 0 radical (unpaired) electrons. The van der Waals surface area contributed by atoms with E-state index in [4.69, 9.17) is 17.7 Å². The van der Waals surface area contributed by atoms with E-state index in [-0.39, 0.29) is 108 Å². The van der Waals surface area contributed by atoms with Crippen LogP contribution in [0.15, 0.2) is 203 Å². The van der Waals surface area contributed by atoms with E-state index in [1.807, 2.05) is 14.0 Å². The van der Waals surface area contributed by atoms with Gasteiger partial charge in [0.1, 0.15) is 46.1 Å². The summed E-state index contributed by atoms with van der Waals surface area (Å²) in [5.41, 5.74) is 1.24. The van der Waals surface area contributed by atoms with Crippen molar-refractivity contribution >= 4 is 162 Å². The van der Waals surface area contributed by atoms with Crippen molar-refractivity contribution in [3.05, 3.63) is 229 Å². The van der Waals surface area contributed by atoms with Gasteiger partial charge >= 0.3 is 0 Å². The van der Waals surface area contributed by atoms with Crippen molar-refractivity contribution in [2.24, 2.45) is 25.4 Å². The Bertz CT molecular complexity index is 5750. The normalized spacial score (nSPS) is 17.3. The van der Waals surface area contributed by atoms with Crippen LogP contribution in [0.4, 0.5) is 22.7 Å². The summed E-state index contributed by atoms with van der Waals surface area (Å²) in [7, 11) is 5.56. The van der Waals surface area contributed by atoms with Gasteiger partial charge in [0.25, 0.3) is 46.4 Å². The number of nitro groups is 4. The van der Waals surface area contributed by atoms with Gasteiger partial charge in [-0.1, -0.05) is 75.7 Å². The lowest BCUT2D eigenvalue weighted by molar-refractivity contribution is -0.384. The van der Waals surface area contributed by atoms with Gasteiger partial charge in [-0.05, 0) is 193 Å². The number of piperidine rings is 1. The number of nitrogens with zero attached hydrogens (tertiary/aromatic N) is 12. The first kappa shape index (κ1) is 92.7. The Morgan fingerprint density at radius 2 is 0.736 bits per heavy atom. The van der Waals surface area contributed by atoms with Crippen LogP contribution in [-0.4, -0.2) is 199 Å². The summed E-state index contributed by atoms with van der Waals surface area (Å²) >= 11 is 4.17. The Kier molecular flexibility index (Phi) is 31.8. The second-order valence-electron chi connectivity index (χ2n) is 30.1. The molecule has 8 amide bonds. The Balaban J connectivity index is 0.000000162. The Labute approximate surface area is 731 Å². The van der Waals surface area contributed by atoms with Crippen LogP contribution in [0.25, 0.3) is 69.6 Å². The third-order valence-electron chi connectivity index (χ3n) is 18.6. The molecule has 14 rings (SSSR count). The molecule has 1 unspecified atom stereocenters. The zero-order valence-electron chi connectivity index (χ0n) is 68.7. The van der Waals surface area contributed by atoms with Crippen LogP contribution in [0.2, 0.25) is 0 Å². The van der Waals surface area contributed by atoms with Gasteiger partial charge in [0.2, 0.25) is 23.6 Å². The van der Waals surface area contributed by atoms with Gasteiger partial charge in [0.15, 0.2) is 20.7 Å². The fourth-order valence-corrected chi connectivity index (χ4v) is 16.2. The van der Waals surface area contributed by atoms with Gasteiger partial charge < -0.3 is 54.1 Å². The van der Waals surface area contributed by atoms with Crippen LogP contribution in [0, 0.1) is 45.9 Å². The highest BCUT2D eigenvalue weighted by Gasteiger charge is 2.32. The average Bonchev–Trinajstić information content (AvgIpc) is 1.69. The predicted molar refractivity (Wildman–Crippen MR) is 477 cm³/mol. The summed E-state index contributed by atoms with van der Waals surface area (Å²) in [5, 5.41) is 59.7. The summed E-state index contributed by atoms with van der Waals surface area (Å²) < 4.78 is 22.8. The standard InChI is InChI=1S/C24H28N4O5S.C21H21N5O5S.C21H20N4O5S.C18H16N4O5S/c1-14(13-24(3,4)5)25-15(2)21(29)26-23-27-22(30)20(34-23)12-16-10-11-19(33-16)17-8-6-7-9-18(17)28(31)32;1-24-8-10-25(11-9-24)13-19(27)22-21-23-20(28)18(32-21)12-14-6-7-17(31-14)15-4-2-3-5-16(15)26(29)30;26-19(13-24-10-4-1-5-11-24)22-21-23-20(27)18(31-21)12-14-8-9-17(30-14)15-6-2-3-7-16(15)25(28)29;1-21(2)10-16(23)19-18-20-17(24)15(28-18)9-11-7-8-14(27-11)12-5-3-4-6-13(12)22(25)26/h6-12,14-15,25H,13H2,1-5H3,(H,26,27,29,30);2-7,12H,8-11,13H2,1H3,(H,22,23,27,28);2-3,6-9,12H,1,4-5,10-11,13H2,(H,22,23,26,27);3-9H,10H2,1-2H3,(H,19,20,23,24)/b20-12-;2*18-12-;15-9-/t14?,15-;;;/m0.../s1. The van der Waals surface area contributed by atoms with Gasteiger partial charge in [-0.3, -0.25) is 88.6 Å². The molecule has 41 heteroatoms. The number of carbonyl (C=O) groups excluding carboxylic acids is 8. The molecule has 0 saturated carbocycles. The molecular weight excluding hydrogens is 1700 g/mol. The highest BCUT2D eigenvalue weighted by Crippen LogP contribution is 2.39. The van der Waals surface area contributed by atoms with Gasteiger partial charge in [-0.2, -0.15) is 20.0 Å². The van der Waals surface area contributed by atoms with Crippen molar-refractivity contribution < 1.29 is 75.7 Å². The minimum atomic E-state index is -0.495. The fraction of sp³-hybridized carbons (Fsp3) is 0.286. The summed E-state index contributed by atoms with van der Waals surface area (Å²) in [4.78, 5) is 165. The number of likely N-dealkylation sites (N-methyl/N-ethyl adjacent to an activating group) is 2. The molecular formula is C84H85N17O20S4. The zero-order valence-corrected chi connectivity index (χ0v) is 71.9. The van der Waals surface area contributed by atoms with Crippen molar-refractivity contribution in [2.45, 2.75) is 72.4 Å². The number of furan rings is 4. The Hall–Kier alpha value is -13.0. The van der Waals surface area contributed by atoms with Crippen LogP contribution in [0.5, 0.6) is 0 Å². The van der Waals surface area contributed by atoms with Gasteiger partial charge in [-0.15, -0.1) is 0 Å². The van der Waals surface area contributed by atoms with Crippen LogP contribution < -0.4 is 26.6 Å². The summed E-state index contributed by atoms with van der Waals surface area (Å²) in [6.45, 7) is 16.2. The van der Waals surface area contributed by atoms with E-state index < -0.39 is 49.4 Å². The minimum Gasteiger partial charge on any atom is -0.456 e. The van der Waals surface area contributed by atoms with Crippen molar-refractivity contribution in [3.8, 4) is 45.3 Å². The monoisotopic (exact) mass is 1780 g/mol. The van der Waals surface area contributed by atoms with Crippen molar-refractivity contribution in [3.63, 3.8) is 0 Å². The molecule has 0 spiro atoms. The number of amides is 8. The first-order valence-electron chi connectivity index (χ1n) is 38.8. The van der Waals surface area contributed by atoms with Crippen molar-refractivity contribution in [2.75, 3.05) is 80.0 Å². The number of nitro benzene ring substituents is 4. The number of hydrogen-bond donors (Lipinski definition) is 5. The molecule has 37 nitrogen and oxygen atoms in total. The zero-order chi connectivity index (χ0) is 89.8. The van der Waals surface area contributed by atoms with Crippen LogP contribution in [-0.2, 0) is 38.4 Å². The van der Waals surface area contributed by atoms with Gasteiger partial charge in [0.05, 0.1) is 87.2 Å². The van der Waals surface area contributed by atoms with Gasteiger partial charge in [0, 0.05) is 80.8 Å². The van der Waals surface area contributed by atoms with E-state index in [1.165, 1.54) is 55.0 Å². The van der Waals surface area contributed by atoms with Crippen molar-refractivity contribution in [1.82, 2.24) is 46.2 Å². The molecule has 650 valence electrons. The van der Waals surface area contributed by atoms with Gasteiger partial charge in [-0.25, -0.2) is 0 Å². The SMILES string of the molecule is CC(CC(C)(C)C)N[C@@H](C)C(=O)NC1=NC(=O)/C(=C/c2ccc(-c3ccccc3[N+](=O)[O-])o2)S1.CN(C)CC(=O)NC1=NC(=O)/C(=C/c2ccc(-c3ccccc3[N+](=O)[O-])o2)S1.CN1CCN(CC(=O)NC2=NC(=O)/C(=C/c3ccc(-c4ccccc4[N+](=O)[O-])o3)S2)CC1.O=C(CN1CCCCC1)NC1=NC(=O)/C(=C/c2ccc(-c3ccccc3[N+](=O)[O-])o2)S1. The number of carbonyl (C=O) groups is 8. The highest BCUT2D eigenvalue weighted by molar-refractivity contribution is 8.19. The smallest absolute Gasteiger partial charge is 0.286 e. The fourth-order valence-electron chi connectivity index (χ4n) is 13.0. The molecule has 4 aromatic heterocycles. The predicted octanol–water partition coefficient (Wildman–Crippen LogP) is 12.9. The second kappa shape index (κ2) is 42.9. The average molecular weight is 1780 g/mol. The Morgan fingerprint density at radius 3 is 1.04 bits per heavy atom.